The third-order valence-corrected chi connectivity index (χ3v) is 10.6. The molecular weight excluding hydrogens is 563 g/mol. The number of alkyl halides is 2. The van der Waals surface area contributed by atoms with Gasteiger partial charge in [-0.05, 0) is 48.4 Å². The van der Waals surface area contributed by atoms with E-state index < -0.39 is 51.1 Å². The molecule has 2 aromatic rings. The second kappa shape index (κ2) is 9.43. The van der Waals surface area contributed by atoms with Crippen molar-refractivity contribution in [2.45, 2.75) is 34.9 Å². The van der Waals surface area contributed by atoms with Crippen LogP contribution in [0.2, 0.25) is 0 Å². The number of benzene rings is 2. The first kappa shape index (κ1) is 27.5. The van der Waals surface area contributed by atoms with Crippen LogP contribution < -0.4 is 4.90 Å². The van der Waals surface area contributed by atoms with Crippen molar-refractivity contribution in [1.82, 2.24) is 4.90 Å². The van der Waals surface area contributed by atoms with E-state index >= 15 is 0 Å². The first-order valence-corrected chi connectivity index (χ1v) is 14.2. The molecule has 210 valence electrons. The second-order valence-electron chi connectivity index (χ2n) is 11.2. The number of nitrogens with zero attached hydrogens (tertiary/aromatic N) is 2. The molecule has 41 heavy (non-hydrogen) atoms. The third kappa shape index (κ3) is 3.52. The topological polar surface area (TPSA) is 95.0 Å². The molecule has 3 fully saturated rings. The number of halogens is 2. The molecule has 9 heteroatoms. The summed E-state index contributed by atoms with van der Waals surface area (Å²) in [6.45, 7) is 7.50. The predicted octanol–water partition coefficient (Wildman–Crippen LogP) is 4.96. The molecule has 2 aromatic carbocycles. The van der Waals surface area contributed by atoms with Crippen LogP contribution in [0.5, 0.6) is 5.75 Å². The zero-order valence-electron chi connectivity index (χ0n) is 22.3. The smallest absolute Gasteiger partial charge is 0.253 e. The summed E-state index contributed by atoms with van der Waals surface area (Å²) in [6, 6.07) is 12.1. The van der Waals surface area contributed by atoms with E-state index in [9.17, 15) is 24.3 Å². The molecule has 6 atom stereocenters. The van der Waals surface area contributed by atoms with E-state index in [0.29, 0.717) is 28.8 Å². The van der Waals surface area contributed by atoms with Crippen molar-refractivity contribution >= 4 is 58.6 Å². The number of hydrogen-bond acceptors (Lipinski definition) is 5. The maximum Gasteiger partial charge on any atom is 0.253 e. The second-order valence-corrected chi connectivity index (χ2v) is 12.4. The van der Waals surface area contributed by atoms with Gasteiger partial charge in [0.1, 0.15) is 5.75 Å². The average molecular weight is 591 g/mol. The van der Waals surface area contributed by atoms with Gasteiger partial charge in [-0.25, -0.2) is 0 Å². The Labute approximate surface area is 247 Å². The van der Waals surface area contributed by atoms with Crippen molar-refractivity contribution in [3.8, 4) is 5.75 Å². The Morgan fingerprint density at radius 2 is 1.71 bits per heavy atom. The number of rotatable bonds is 5. The van der Waals surface area contributed by atoms with Gasteiger partial charge < -0.3 is 5.11 Å². The molecule has 4 amide bonds. The number of carbonyl (C=O) groups excluding carboxylic acids is 4. The van der Waals surface area contributed by atoms with Gasteiger partial charge in [0, 0.05) is 18.5 Å². The number of amides is 4. The summed E-state index contributed by atoms with van der Waals surface area (Å²) < 4.78 is 0. The van der Waals surface area contributed by atoms with E-state index in [1.165, 1.54) is 11.9 Å². The zero-order valence-corrected chi connectivity index (χ0v) is 23.9. The first-order valence-electron chi connectivity index (χ1n) is 13.4. The van der Waals surface area contributed by atoms with Crippen LogP contribution in [0.1, 0.15) is 35.4 Å². The highest BCUT2D eigenvalue weighted by Gasteiger charge is 2.76. The van der Waals surface area contributed by atoms with E-state index in [4.69, 9.17) is 23.2 Å². The molecule has 6 unspecified atom stereocenters. The van der Waals surface area contributed by atoms with Crippen molar-refractivity contribution in [2.75, 3.05) is 11.9 Å². The molecule has 2 heterocycles. The van der Waals surface area contributed by atoms with Gasteiger partial charge >= 0.3 is 0 Å². The fraction of sp³-hybridized carbons (Fsp3) is 0.312. The van der Waals surface area contributed by atoms with Crippen molar-refractivity contribution in [2.24, 2.45) is 17.8 Å². The van der Waals surface area contributed by atoms with Crippen LogP contribution in [0.3, 0.4) is 0 Å². The minimum absolute atomic E-state index is 0.0762. The SMILES string of the molecule is C=CCc1cccc(C2C3=CCC4C(=O)N(c5ccc(C=C)cc5)C(=O)C4C3CC3(Cl)C(=O)N(C)C(=O)C23Cl)c1O. The van der Waals surface area contributed by atoms with Crippen LogP contribution >= 0.6 is 23.2 Å². The molecule has 0 bridgehead atoms. The lowest BCUT2D eigenvalue weighted by molar-refractivity contribution is -0.138. The minimum atomic E-state index is -1.95. The molecule has 6 rings (SSSR count). The molecule has 1 saturated carbocycles. The molecule has 2 aliphatic heterocycles. The number of hydrogen-bond donors (Lipinski definition) is 1. The Hall–Kier alpha value is -3.68. The fourth-order valence-corrected chi connectivity index (χ4v) is 8.28. The Morgan fingerprint density at radius 3 is 2.37 bits per heavy atom. The maximum atomic E-state index is 14.1. The van der Waals surface area contributed by atoms with Crippen molar-refractivity contribution in [3.63, 3.8) is 0 Å². The van der Waals surface area contributed by atoms with Crippen molar-refractivity contribution in [1.29, 1.82) is 0 Å². The van der Waals surface area contributed by atoms with Gasteiger partial charge in [0.25, 0.3) is 11.8 Å². The Kier molecular flexibility index (Phi) is 6.32. The van der Waals surface area contributed by atoms with E-state index in [1.807, 2.05) is 6.08 Å². The van der Waals surface area contributed by atoms with Crippen LogP contribution in [0.4, 0.5) is 5.69 Å². The van der Waals surface area contributed by atoms with Gasteiger partial charge in [-0.1, -0.05) is 60.7 Å². The molecule has 4 aliphatic rings. The summed E-state index contributed by atoms with van der Waals surface area (Å²) in [5, 5.41) is 11.4. The highest BCUT2D eigenvalue weighted by molar-refractivity contribution is 6.53. The van der Waals surface area contributed by atoms with E-state index in [1.54, 1.807) is 54.6 Å². The number of aromatic hydroxyl groups is 1. The van der Waals surface area contributed by atoms with Crippen molar-refractivity contribution in [3.05, 3.63) is 90.0 Å². The lowest BCUT2D eigenvalue weighted by atomic mass is 9.56. The number of anilines is 1. The summed E-state index contributed by atoms with van der Waals surface area (Å²) in [5.41, 5.74) is 2.83. The fourth-order valence-electron chi connectivity index (χ4n) is 7.27. The number of allylic oxidation sites excluding steroid dienone is 3. The van der Waals surface area contributed by atoms with Gasteiger partial charge in [0.15, 0.2) is 9.75 Å². The number of fused-ring (bicyclic) bond motifs is 4. The molecule has 1 N–H and O–H groups in total. The lowest BCUT2D eigenvalue weighted by Crippen LogP contribution is -2.60. The Bertz CT molecular complexity index is 1580. The lowest BCUT2D eigenvalue weighted by Gasteiger charge is -2.50. The molecule has 0 radical (unpaired) electrons. The number of para-hydroxylation sites is 1. The molecule has 0 aromatic heterocycles. The van der Waals surface area contributed by atoms with Gasteiger partial charge in [0.05, 0.1) is 17.5 Å². The summed E-state index contributed by atoms with van der Waals surface area (Å²) >= 11 is 14.4. The highest BCUT2D eigenvalue weighted by atomic mass is 35.5. The van der Waals surface area contributed by atoms with Crippen molar-refractivity contribution < 1.29 is 24.3 Å². The number of likely N-dealkylation sites (tertiary alicyclic amines) is 1. The molecular formula is C32H28Cl2N2O5. The van der Waals surface area contributed by atoms with E-state index in [2.05, 4.69) is 13.2 Å². The van der Waals surface area contributed by atoms with Crippen LogP contribution in [-0.2, 0) is 25.6 Å². The van der Waals surface area contributed by atoms with E-state index in [0.717, 1.165) is 10.5 Å². The number of carbonyl (C=O) groups is 4. The average Bonchev–Trinajstić information content (AvgIpc) is 3.29. The minimum Gasteiger partial charge on any atom is -0.507 e. The monoisotopic (exact) mass is 590 g/mol. The van der Waals surface area contributed by atoms with E-state index in [-0.39, 0.29) is 24.5 Å². The van der Waals surface area contributed by atoms with Crippen LogP contribution in [0.25, 0.3) is 6.08 Å². The van der Waals surface area contributed by atoms with Crippen LogP contribution in [-0.4, -0.2) is 50.4 Å². The van der Waals surface area contributed by atoms with Gasteiger partial charge in [-0.2, -0.15) is 0 Å². The zero-order chi connectivity index (χ0) is 29.4. The summed E-state index contributed by atoms with van der Waals surface area (Å²) in [6.07, 6.45) is 5.66. The van der Waals surface area contributed by atoms with Gasteiger partial charge in [-0.3, -0.25) is 29.0 Å². The summed E-state index contributed by atoms with van der Waals surface area (Å²) in [5.74, 6) is -5.29. The Balaban J connectivity index is 1.52. The van der Waals surface area contributed by atoms with Crippen LogP contribution in [0.15, 0.2) is 73.3 Å². The Morgan fingerprint density at radius 1 is 1.00 bits per heavy atom. The molecule has 0 spiro atoms. The normalized spacial score (nSPS) is 32.4. The summed E-state index contributed by atoms with van der Waals surface area (Å²) in [4.78, 5) is 53.3. The standard InChI is InChI=1S/C32H28Cl2N2O5/c1-4-7-18-8-6-9-22(26(18)37)25-20-14-15-21-24(23(20)16-31(33)29(40)35(3)30(41)32(25,31)34)28(39)36(27(21)38)19-12-10-17(5-2)11-13-19/h4-6,8-14,21,23-25,37H,1-2,7,15-16H2,3H3. The van der Waals surface area contributed by atoms with Gasteiger partial charge in [0.2, 0.25) is 11.8 Å². The quantitative estimate of drug-likeness (QED) is 0.302. The third-order valence-electron chi connectivity index (χ3n) is 9.23. The first-order chi connectivity index (χ1) is 19.5. The van der Waals surface area contributed by atoms with Crippen LogP contribution in [0, 0.1) is 17.8 Å². The predicted molar refractivity (Wildman–Crippen MR) is 157 cm³/mol. The van der Waals surface area contributed by atoms with Gasteiger partial charge in [-0.15, -0.1) is 29.8 Å². The highest BCUT2D eigenvalue weighted by Crippen LogP contribution is 2.66. The molecule has 2 saturated heterocycles. The molecule has 2 aliphatic carbocycles. The molecule has 7 nitrogen and oxygen atoms in total. The summed E-state index contributed by atoms with van der Waals surface area (Å²) in [7, 11) is 1.34. The largest absolute Gasteiger partial charge is 0.507 e. The number of phenols is 1. The maximum absolute atomic E-state index is 14.1. The number of imide groups is 2. The number of phenolic OH excluding ortho intramolecular Hbond substituents is 1.